The van der Waals surface area contributed by atoms with Crippen LogP contribution in [0.5, 0.6) is 0 Å². The Kier molecular flexibility index (Phi) is 21.1. The van der Waals surface area contributed by atoms with Crippen LogP contribution < -0.4 is 0 Å². The van der Waals surface area contributed by atoms with Crippen LogP contribution in [0.25, 0.3) is 0 Å². The summed E-state index contributed by atoms with van der Waals surface area (Å²) < 4.78 is 33.6. The normalized spacial score (nSPS) is 17.9. The predicted molar refractivity (Wildman–Crippen MR) is 224 cm³/mol. The van der Waals surface area contributed by atoms with Gasteiger partial charge < -0.3 is 49.2 Å². The van der Waals surface area contributed by atoms with E-state index in [9.17, 15) is 25.5 Å². The van der Waals surface area contributed by atoms with E-state index >= 15 is 0 Å². The molecule has 0 amide bonds. The van der Waals surface area contributed by atoms with Crippen molar-refractivity contribution in [2.45, 2.75) is 239 Å². The van der Waals surface area contributed by atoms with Crippen LogP contribution >= 0.6 is 0 Å². The highest BCUT2D eigenvalue weighted by atomic mass is 16.5. The number of hydrogen-bond donors (Lipinski definition) is 5. The maximum absolute atomic E-state index is 11.2. The van der Waals surface area contributed by atoms with Gasteiger partial charge in [-0.15, -0.1) is 0 Å². The van der Waals surface area contributed by atoms with Crippen molar-refractivity contribution in [3.8, 4) is 0 Å². The van der Waals surface area contributed by atoms with Gasteiger partial charge in [0.25, 0.3) is 0 Å². The quantitative estimate of drug-likeness (QED) is 0.0481. The van der Waals surface area contributed by atoms with Crippen LogP contribution in [0.1, 0.15) is 183 Å². The Morgan fingerprint density at radius 2 is 0.764 bits per heavy atom. The summed E-state index contributed by atoms with van der Waals surface area (Å²) in [5.41, 5.74) is -7.07. The minimum absolute atomic E-state index is 0.179. The summed E-state index contributed by atoms with van der Waals surface area (Å²) in [6.07, 6.45) is 3.47. The fourth-order valence-corrected chi connectivity index (χ4v) is 7.62. The zero-order chi connectivity index (χ0) is 43.5. The molecule has 0 saturated heterocycles. The molecule has 0 aromatic carbocycles. The lowest BCUT2D eigenvalue weighted by Crippen LogP contribution is -2.58. The highest BCUT2D eigenvalue weighted by Crippen LogP contribution is 2.51. The van der Waals surface area contributed by atoms with Crippen molar-refractivity contribution in [3.05, 3.63) is 0 Å². The van der Waals surface area contributed by atoms with Gasteiger partial charge in [-0.3, -0.25) is 0 Å². The summed E-state index contributed by atoms with van der Waals surface area (Å²) in [5.74, 6) is -0.574. The molecular weight excluding hydrogens is 700 g/mol. The van der Waals surface area contributed by atoms with Gasteiger partial charge in [0.1, 0.15) is 0 Å². The van der Waals surface area contributed by atoms with Gasteiger partial charge in [0.05, 0.1) is 82.9 Å². The monoisotopic (exact) mass is 793 g/mol. The fraction of sp³-hybridized carbons (Fsp3) is 1.00. The Balaban J connectivity index is 7.51. The lowest BCUT2D eigenvalue weighted by Gasteiger charge is -2.55. The predicted octanol–water partition coefficient (Wildman–Crippen LogP) is 8.40. The zero-order valence-corrected chi connectivity index (χ0v) is 39.3. The van der Waals surface area contributed by atoms with Crippen LogP contribution in [0, 0.1) is 17.8 Å². The van der Waals surface area contributed by atoms with E-state index < -0.39 is 56.5 Å². The van der Waals surface area contributed by atoms with E-state index in [4.69, 9.17) is 23.7 Å². The average molecular weight is 793 g/mol. The smallest absolute Gasteiger partial charge is 0.0661 e. The molecule has 5 atom stereocenters. The minimum Gasteiger partial charge on any atom is -0.393 e. The number of rotatable bonds is 30. The third-order valence-electron chi connectivity index (χ3n) is 11.2. The van der Waals surface area contributed by atoms with E-state index in [1.54, 1.807) is 55.4 Å². The average Bonchev–Trinajstić information content (AvgIpc) is 2.92. The standard InChI is InChI=1S/C45H92O10/c1-20-51-44(17,18)36(34(42(13,14)54-29-25-39(7,8)49)31-40(9,10)52-27-23-37(3,4)47)35(32-41(11,12)53-28-24-38(5,6)48)43(15,16)55-30-26-45(19,50)22-21-33(2)46/h33-36,46-50H,20-32H2,1-19H3. The van der Waals surface area contributed by atoms with Gasteiger partial charge in [-0.1, -0.05) is 0 Å². The van der Waals surface area contributed by atoms with Crippen molar-refractivity contribution in [2.75, 3.05) is 33.0 Å². The largest absolute Gasteiger partial charge is 0.393 e. The molecule has 0 aromatic rings. The molecule has 55 heavy (non-hydrogen) atoms. The summed E-state index contributed by atoms with van der Waals surface area (Å²) in [6.45, 7) is 39.4. The highest BCUT2D eigenvalue weighted by Gasteiger charge is 2.54. The molecule has 0 radical (unpaired) electrons. The first-order valence-electron chi connectivity index (χ1n) is 21.1. The fourth-order valence-electron chi connectivity index (χ4n) is 7.62. The van der Waals surface area contributed by atoms with E-state index in [0.29, 0.717) is 84.4 Å². The van der Waals surface area contributed by atoms with Crippen LogP contribution in [0.3, 0.4) is 0 Å². The molecule has 0 aromatic heterocycles. The Hall–Kier alpha value is -0.400. The topological polar surface area (TPSA) is 147 Å². The molecule has 332 valence electrons. The highest BCUT2D eigenvalue weighted by molar-refractivity contribution is 5.04. The molecule has 0 saturated carbocycles. The maximum atomic E-state index is 11.2. The second kappa shape index (κ2) is 21.2. The van der Waals surface area contributed by atoms with E-state index in [0.717, 1.165) is 0 Å². The Morgan fingerprint density at radius 1 is 0.436 bits per heavy atom. The zero-order valence-electron chi connectivity index (χ0n) is 39.3. The van der Waals surface area contributed by atoms with Crippen LogP contribution in [0.4, 0.5) is 0 Å². The van der Waals surface area contributed by atoms with Crippen LogP contribution in [-0.4, -0.2) is 115 Å². The minimum atomic E-state index is -1.00. The first kappa shape index (κ1) is 54.6. The van der Waals surface area contributed by atoms with Gasteiger partial charge in [0.15, 0.2) is 0 Å². The lowest BCUT2D eigenvalue weighted by atomic mass is 9.58. The molecule has 5 N–H and O–H groups in total. The first-order valence-corrected chi connectivity index (χ1v) is 21.1. The van der Waals surface area contributed by atoms with Gasteiger partial charge in [-0.2, -0.15) is 0 Å². The molecule has 10 heteroatoms. The lowest BCUT2D eigenvalue weighted by molar-refractivity contribution is -0.209. The van der Waals surface area contributed by atoms with Gasteiger partial charge >= 0.3 is 0 Å². The summed E-state index contributed by atoms with van der Waals surface area (Å²) in [7, 11) is 0. The van der Waals surface area contributed by atoms with Crippen molar-refractivity contribution < 1.29 is 49.2 Å². The molecule has 0 fully saturated rings. The van der Waals surface area contributed by atoms with Gasteiger partial charge in [-0.05, 0) is 201 Å². The third-order valence-corrected chi connectivity index (χ3v) is 11.2. The van der Waals surface area contributed by atoms with Crippen molar-refractivity contribution >= 4 is 0 Å². The van der Waals surface area contributed by atoms with Crippen molar-refractivity contribution in [1.29, 1.82) is 0 Å². The van der Waals surface area contributed by atoms with Gasteiger partial charge in [0, 0.05) is 6.61 Å². The SMILES string of the molecule is CCOC(C)(C)C(C(CC(C)(C)OCCC(C)(C)O)C(C)(C)OCCC(C)(C)O)C(CC(C)(C)OCCC(C)(C)O)C(C)(C)OCCC(C)(O)CCC(C)O. The van der Waals surface area contributed by atoms with Crippen molar-refractivity contribution in [1.82, 2.24) is 0 Å². The van der Waals surface area contributed by atoms with Gasteiger partial charge in [-0.25, -0.2) is 0 Å². The van der Waals surface area contributed by atoms with E-state index in [2.05, 4.69) is 69.2 Å². The number of ether oxygens (including phenoxy) is 5. The van der Waals surface area contributed by atoms with E-state index in [1.807, 2.05) is 6.92 Å². The third kappa shape index (κ3) is 23.7. The Bertz CT molecular complexity index is 1060. The molecular formula is C45H92O10. The summed E-state index contributed by atoms with van der Waals surface area (Å²) in [5, 5.41) is 52.7. The van der Waals surface area contributed by atoms with E-state index in [-0.39, 0.29) is 17.8 Å². The number of aliphatic hydroxyl groups is 5. The second-order valence-corrected chi connectivity index (χ2v) is 21.6. The van der Waals surface area contributed by atoms with Crippen LogP contribution in [0.2, 0.25) is 0 Å². The number of hydrogen-bond acceptors (Lipinski definition) is 10. The second-order valence-electron chi connectivity index (χ2n) is 21.6. The molecule has 0 aliphatic heterocycles. The van der Waals surface area contributed by atoms with Gasteiger partial charge in [0.2, 0.25) is 0 Å². The van der Waals surface area contributed by atoms with Crippen LogP contribution in [-0.2, 0) is 23.7 Å². The Morgan fingerprint density at radius 3 is 1.07 bits per heavy atom. The van der Waals surface area contributed by atoms with Crippen molar-refractivity contribution in [3.63, 3.8) is 0 Å². The molecule has 0 aliphatic rings. The molecule has 10 nitrogen and oxygen atoms in total. The molecule has 0 bridgehead atoms. The summed E-state index contributed by atoms with van der Waals surface area (Å²) in [6, 6.07) is 0. The molecule has 0 rings (SSSR count). The van der Waals surface area contributed by atoms with E-state index in [1.165, 1.54) is 0 Å². The number of aliphatic hydroxyl groups excluding tert-OH is 1. The van der Waals surface area contributed by atoms with Crippen LogP contribution in [0.15, 0.2) is 0 Å². The summed E-state index contributed by atoms with van der Waals surface area (Å²) >= 11 is 0. The van der Waals surface area contributed by atoms with Crippen molar-refractivity contribution in [2.24, 2.45) is 17.8 Å². The molecule has 0 spiro atoms. The maximum Gasteiger partial charge on any atom is 0.0661 e. The summed E-state index contributed by atoms with van der Waals surface area (Å²) in [4.78, 5) is 0. The molecule has 0 heterocycles. The Labute approximate surface area is 338 Å². The first-order chi connectivity index (χ1) is 24.4. The molecule has 5 unspecified atom stereocenters. The molecule has 0 aliphatic carbocycles.